The van der Waals surface area contributed by atoms with E-state index in [0.717, 1.165) is 5.56 Å². The van der Waals surface area contributed by atoms with Gasteiger partial charge in [0.15, 0.2) is 0 Å². The summed E-state index contributed by atoms with van der Waals surface area (Å²) in [4.78, 5) is 0. The minimum atomic E-state index is -0.803. The third-order valence-electron chi connectivity index (χ3n) is 2.46. The fourth-order valence-electron chi connectivity index (χ4n) is 1.63. The Balaban J connectivity index is 2.58. The molecule has 0 spiro atoms. The molecule has 0 radical (unpaired) electrons. The number of para-hydroxylation sites is 1. The van der Waals surface area contributed by atoms with Crippen molar-refractivity contribution in [1.29, 1.82) is 0 Å². The zero-order chi connectivity index (χ0) is 9.47. The molecule has 0 fully saturated rings. The van der Waals surface area contributed by atoms with E-state index in [0.29, 0.717) is 24.5 Å². The summed E-state index contributed by atoms with van der Waals surface area (Å²) in [5, 5.41) is 10.0. The van der Waals surface area contributed by atoms with Gasteiger partial charge in [0.2, 0.25) is 0 Å². The van der Waals surface area contributed by atoms with Crippen molar-refractivity contribution < 1.29 is 9.84 Å². The molecule has 1 aliphatic heterocycles. The molecule has 0 saturated heterocycles. The summed E-state index contributed by atoms with van der Waals surface area (Å²) in [6.45, 7) is 2.31. The highest BCUT2D eigenvalue weighted by Gasteiger charge is 2.31. The predicted octanol–water partition coefficient (Wildman–Crippen LogP) is 1.26. The number of fused-ring (bicyclic) bond motifs is 1. The third kappa shape index (κ3) is 1.25. The molecule has 70 valence electrons. The molecule has 3 N–H and O–H groups in total. The summed E-state index contributed by atoms with van der Waals surface area (Å²) in [5.41, 5.74) is 6.31. The van der Waals surface area contributed by atoms with Crippen molar-refractivity contribution in [2.45, 2.75) is 18.9 Å². The van der Waals surface area contributed by atoms with Crippen LogP contribution in [0.25, 0.3) is 0 Å². The van der Waals surface area contributed by atoms with Gasteiger partial charge >= 0.3 is 0 Å². The molecule has 0 aliphatic carbocycles. The van der Waals surface area contributed by atoms with Crippen LogP contribution in [-0.4, -0.2) is 11.7 Å². The van der Waals surface area contributed by atoms with Gasteiger partial charge in [-0.3, -0.25) is 0 Å². The van der Waals surface area contributed by atoms with Crippen molar-refractivity contribution in [2.24, 2.45) is 0 Å². The van der Waals surface area contributed by atoms with Crippen LogP contribution in [0.15, 0.2) is 18.2 Å². The summed E-state index contributed by atoms with van der Waals surface area (Å²) < 4.78 is 5.40. The molecule has 3 nitrogen and oxygen atoms in total. The highest BCUT2D eigenvalue weighted by Crippen LogP contribution is 2.39. The Kier molecular flexibility index (Phi) is 1.70. The lowest BCUT2D eigenvalue weighted by Crippen LogP contribution is -2.29. The third-order valence-corrected chi connectivity index (χ3v) is 2.46. The first-order valence-electron chi connectivity index (χ1n) is 4.35. The van der Waals surface area contributed by atoms with E-state index in [1.165, 1.54) is 0 Å². The molecule has 13 heavy (non-hydrogen) atoms. The molecule has 1 aromatic rings. The number of anilines is 1. The maximum Gasteiger partial charge on any atom is 0.148 e. The summed E-state index contributed by atoms with van der Waals surface area (Å²) in [6, 6.07) is 5.46. The number of nitrogen functional groups attached to an aromatic ring is 1. The monoisotopic (exact) mass is 179 g/mol. The molecule has 0 bridgehead atoms. The van der Waals surface area contributed by atoms with Crippen LogP contribution in [-0.2, 0) is 5.60 Å². The quantitative estimate of drug-likeness (QED) is 0.589. The van der Waals surface area contributed by atoms with Crippen molar-refractivity contribution in [3.63, 3.8) is 0 Å². The molecule has 2 rings (SSSR count). The normalized spacial score (nSPS) is 26.3. The Labute approximate surface area is 77.1 Å². The van der Waals surface area contributed by atoms with Crippen molar-refractivity contribution in [3.8, 4) is 5.75 Å². The van der Waals surface area contributed by atoms with Gasteiger partial charge in [-0.2, -0.15) is 0 Å². The Hall–Kier alpha value is -1.22. The van der Waals surface area contributed by atoms with E-state index < -0.39 is 5.60 Å². The summed E-state index contributed by atoms with van der Waals surface area (Å²) in [6.07, 6.45) is 0.615. The molecular weight excluding hydrogens is 166 g/mol. The lowest BCUT2D eigenvalue weighted by atomic mass is 9.90. The van der Waals surface area contributed by atoms with Gasteiger partial charge in [0, 0.05) is 12.0 Å². The smallest absolute Gasteiger partial charge is 0.148 e. The Morgan fingerprint density at radius 2 is 2.31 bits per heavy atom. The lowest BCUT2D eigenvalue weighted by Gasteiger charge is -2.31. The fourth-order valence-corrected chi connectivity index (χ4v) is 1.63. The van der Waals surface area contributed by atoms with Crippen LogP contribution >= 0.6 is 0 Å². The van der Waals surface area contributed by atoms with Gasteiger partial charge < -0.3 is 15.6 Å². The average Bonchev–Trinajstić information content (AvgIpc) is 2.06. The number of rotatable bonds is 0. The first-order valence-corrected chi connectivity index (χ1v) is 4.35. The lowest BCUT2D eigenvalue weighted by molar-refractivity contribution is 0.0150. The Bertz CT molecular complexity index is 334. The minimum absolute atomic E-state index is 0.522. The van der Waals surface area contributed by atoms with Gasteiger partial charge in [0.25, 0.3) is 0 Å². The Morgan fingerprint density at radius 1 is 1.54 bits per heavy atom. The molecule has 0 amide bonds. The molecule has 0 aromatic heterocycles. The Morgan fingerprint density at radius 3 is 3.00 bits per heavy atom. The van der Waals surface area contributed by atoms with Gasteiger partial charge in [-0.25, -0.2) is 0 Å². The van der Waals surface area contributed by atoms with E-state index >= 15 is 0 Å². The zero-order valence-corrected chi connectivity index (χ0v) is 7.58. The van der Waals surface area contributed by atoms with E-state index in [9.17, 15) is 5.11 Å². The zero-order valence-electron chi connectivity index (χ0n) is 7.58. The van der Waals surface area contributed by atoms with E-state index in [-0.39, 0.29) is 0 Å². The van der Waals surface area contributed by atoms with Crippen LogP contribution in [0.4, 0.5) is 5.69 Å². The van der Waals surface area contributed by atoms with Gasteiger partial charge in [0.05, 0.1) is 17.9 Å². The van der Waals surface area contributed by atoms with Crippen molar-refractivity contribution >= 4 is 5.69 Å². The van der Waals surface area contributed by atoms with E-state index in [4.69, 9.17) is 10.5 Å². The van der Waals surface area contributed by atoms with E-state index in [1.54, 1.807) is 13.0 Å². The first-order chi connectivity index (χ1) is 6.11. The number of hydrogen-bond acceptors (Lipinski definition) is 3. The summed E-state index contributed by atoms with van der Waals surface area (Å²) >= 11 is 0. The number of ether oxygens (including phenoxy) is 1. The highest BCUT2D eigenvalue weighted by molar-refractivity contribution is 5.58. The second kappa shape index (κ2) is 2.64. The molecule has 1 unspecified atom stereocenters. The van der Waals surface area contributed by atoms with Crippen LogP contribution in [0.5, 0.6) is 5.75 Å². The topological polar surface area (TPSA) is 55.5 Å². The molecule has 1 aromatic carbocycles. The number of aliphatic hydroxyl groups is 1. The van der Waals surface area contributed by atoms with Gasteiger partial charge in [0.1, 0.15) is 5.75 Å². The molecule has 0 saturated carbocycles. The maximum absolute atomic E-state index is 10.0. The molecule has 1 aliphatic rings. The number of hydrogen-bond donors (Lipinski definition) is 2. The van der Waals surface area contributed by atoms with Gasteiger partial charge in [-0.1, -0.05) is 12.1 Å². The number of benzene rings is 1. The summed E-state index contributed by atoms with van der Waals surface area (Å²) in [5.74, 6) is 0.638. The predicted molar refractivity (Wildman–Crippen MR) is 50.5 cm³/mol. The molecule has 3 heteroatoms. The SMILES string of the molecule is CC1(O)CCOc2c(N)cccc21. The maximum atomic E-state index is 10.0. The number of nitrogens with two attached hydrogens (primary N) is 1. The fraction of sp³-hybridized carbons (Fsp3) is 0.400. The molecule has 1 heterocycles. The van der Waals surface area contributed by atoms with Crippen LogP contribution in [0.3, 0.4) is 0 Å². The van der Waals surface area contributed by atoms with E-state index in [1.807, 2.05) is 12.1 Å². The van der Waals surface area contributed by atoms with Gasteiger partial charge in [-0.05, 0) is 13.0 Å². The largest absolute Gasteiger partial charge is 0.491 e. The highest BCUT2D eigenvalue weighted by atomic mass is 16.5. The van der Waals surface area contributed by atoms with Crippen LogP contribution in [0.2, 0.25) is 0 Å². The minimum Gasteiger partial charge on any atom is -0.491 e. The van der Waals surface area contributed by atoms with Crippen LogP contribution in [0.1, 0.15) is 18.9 Å². The van der Waals surface area contributed by atoms with Crippen molar-refractivity contribution in [1.82, 2.24) is 0 Å². The van der Waals surface area contributed by atoms with Crippen LogP contribution < -0.4 is 10.5 Å². The first kappa shape index (κ1) is 8.38. The van der Waals surface area contributed by atoms with Crippen molar-refractivity contribution in [3.05, 3.63) is 23.8 Å². The molecule has 1 atom stereocenters. The summed E-state index contributed by atoms with van der Waals surface area (Å²) in [7, 11) is 0. The second-order valence-corrected chi connectivity index (χ2v) is 3.60. The molecular formula is C10H13NO2. The average molecular weight is 179 g/mol. The standard InChI is InChI=1S/C10H13NO2/c1-10(12)5-6-13-9-7(10)3-2-4-8(9)11/h2-4,12H,5-6,11H2,1H3. The second-order valence-electron chi connectivity index (χ2n) is 3.60. The van der Waals surface area contributed by atoms with E-state index in [2.05, 4.69) is 0 Å². The van der Waals surface area contributed by atoms with Gasteiger partial charge in [-0.15, -0.1) is 0 Å². The van der Waals surface area contributed by atoms with Crippen LogP contribution in [0, 0.1) is 0 Å². The van der Waals surface area contributed by atoms with Crippen molar-refractivity contribution in [2.75, 3.05) is 12.3 Å².